The number of hydrogen-bond acceptors (Lipinski definition) is 3. The third kappa shape index (κ3) is 5.57. The first kappa shape index (κ1) is 15.2. The van der Waals surface area contributed by atoms with Crippen molar-refractivity contribution in [3.05, 3.63) is 35.4 Å². The van der Waals surface area contributed by atoms with E-state index in [4.69, 9.17) is 9.57 Å². The fourth-order valence-corrected chi connectivity index (χ4v) is 1.46. The lowest BCUT2D eigenvalue weighted by molar-refractivity contribution is -0.129. The van der Waals surface area contributed by atoms with Crippen LogP contribution >= 0.6 is 0 Å². The zero-order chi connectivity index (χ0) is 14.3. The summed E-state index contributed by atoms with van der Waals surface area (Å²) in [5.74, 6) is 0.822. The number of aryl methyl sites for hydroxylation is 1. The van der Waals surface area contributed by atoms with Gasteiger partial charge in [-0.1, -0.05) is 25.5 Å². The predicted molar refractivity (Wildman–Crippen MR) is 75.7 cm³/mol. The van der Waals surface area contributed by atoms with Crippen LogP contribution in [0.2, 0.25) is 0 Å². The normalized spacial score (nSPS) is 11.0. The van der Waals surface area contributed by atoms with Crippen molar-refractivity contribution in [2.75, 3.05) is 13.7 Å². The molecule has 0 atom stereocenters. The molecule has 1 rings (SSSR count). The van der Waals surface area contributed by atoms with Crippen molar-refractivity contribution >= 4 is 12.0 Å². The van der Waals surface area contributed by atoms with E-state index in [0.717, 1.165) is 16.9 Å². The average molecular weight is 263 g/mol. The largest absolute Gasteiger partial charge is 0.496 e. The molecule has 1 aromatic rings. The minimum absolute atomic E-state index is 0.288. The van der Waals surface area contributed by atoms with E-state index >= 15 is 0 Å². The van der Waals surface area contributed by atoms with E-state index in [9.17, 15) is 4.79 Å². The van der Waals surface area contributed by atoms with Crippen molar-refractivity contribution in [3.63, 3.8) is 0 Å². The van der Waals surface area contributed by atoms with Crippen LogP contribution in [-0.2, 0) is 9.63 Å². The topological polar surface area (TPSA) is 47.6 Å². The van der Waals surface area contributed by atoms with E-state index in [-0.39, 0.29) is 5.91 Å². The number of amides is 1. The molecule has 1 N–H and O–H groups in total. The van der Waals surface area contributed by atoms with Crippen LogP contribution < -0.4 is 10.2 Å². The zero-order valence-corrected chi connectivity index (χ0v) is 11.9. The summed E-state index contributed by atoms with van der Waals surface area (Å²) in [5.41, 5.74) is 4.34. The molecule has 0 heterocycles. The Hall–Kier alpha value is -1.81. The van der Waals surface area contributed by atoms with Gasteiger partial charge in [-0.2, -0.15) is 0 Å². The Morgan fingerprint density at radius 1 is 1.42 bits per heavy atom. The predicted octanol–water partition coefficient (Wildman–Crippen LogP) is 2.72. The Labute approximate surface area is 114 Å². The van der Waals surface area contributed by atoms with Gasteiger partial charge in [0.05, 0.1) is 13.7 Å². The minimum atomic E-state index is -0.288. The molecule has 104 valence electrons. The number of carbonyl (C=O) groups excluding carboxylic acids is 1. The quantitative estimate of drug-likeness (QED) is 0.634. The van der Waals surface area contributed by atoms with Gasteiger partial charge in [-0.3, -0.25) is 9.63 Å². The molecule has 0 spiro atoms. The van der Waals surface area contributed by atoms with E-state index < -0.39 is 0 Å². The third-order valence-electron chi connectivity index (χ3n) is 2.39. The van der Waals surface area contributed by atoms with Gasteiger partial charge in [-0.25, -0.2) is 5.48 Å². The first-order valence-corrected chi connectivity index (χ1v) is 6.27. The first-order valence-electron chi connectivity index (χ1n) is 6.27. The van der Waals surface area contributed by atoms with Crippen molar-refractivity contribution in [3.8, 4) is 5.75 Å². The lowest BCUT2D eigenvalue weighted by Gasteiger charge is -2.07. The Morgan fingerprint density at radius 2 is 2.16 bits per heavy atom. The number of ether oxygens (including phenoxy) is 1. The number of carbonyl (C=O) groups is 1. The van der Waals surface area contributed by atoms with Gasteiger partial charge in [0.1, 0.15) is 5.75 Å². The molecule has 0 aliphatic carbocycles. The summed E-state index contributed by atoms with van der Waals surface area (Å²) in [4.78, 5) is 16.6. The molecular formula is C15H21NO3. The molecular weight excluding hydrogens is 242 g/mol. The first-order chi connectivity index (χ1) is 9.02. The van der Waals surface area contributed by atoms with Crippen LogP contribution in [0.25, 0.3) is 6.08 Å². The molecule has 0 fully saturated rings. The zero-order valence-electron chi connectivity index (χ0n) is 11.9. The Morgan fingerprint density at radius 3 is 2.79 bits per heavy atom. The standard InChI is InChI=1S/C15H21NO3/c1-11(2)10-19-16-15(17)8-6-13-9-12(3)5-7-14(13)18-4/h5-9,11H,10H2,1-4H3,(H,16,17)/b8-6+. The van der Waals surface area contributed by atoms with Crippen LogP contribution in [0.5, 0.6) is 5.75 Å². The molecule has 0 radical (unpaired) electrons. The number of nitrogens with one attached hydrogen (secondary N) is 1. The summed E-state index contributed by atoms with van der Waals surface area (Å²) in [6.45, 7) is 6.51. The second kappa shape index (κ2) is 7.59. The second-order valence-corrected chi connectivity index (χ2v) is 4.75. The van der Waals surface area contributed by atoms with Crippen LogP contribution in [0, 0.1) is 12.8 Å². The molecule has 4 heteroatoms. The molecule has 4 nitrogen and oxygen atoms in total. The van der Waals surface area contributed by atoms with Crippen molar-refractivity contribution in [2.45, 2.75) is 20.8 Å². The molecule has 0 saturated carbocycles. The second-order valence-electron chi connectivity index (χ2n) is 4.75. The van der Waals surface area contributed by atoms with Crippen LogP contribution in [0.15, 0.2) is 24.3 Å². The Balaban J connectivity index is 2.60. The highest BCUT2D eigenvalue weighted by molar-refractivity contribution is 5.91. The van der Waals surface area contributed by atoms with Gasteiger partial charge in [0, 0.05) is 11.6 Å². The fraction of sp³-hybridized carbons (Fsp3) is 0.400. The van der Waals surface area contributed by atoms with Crippen molar-refractivity contribution < 1.29 is 14.4 Å². The fourth-order valence-electron chi connectivity index (χ4n) is 1.46. The van der Waals surface area contributed by atoms with Crippen molar-refractivity contribution in [1.29, 1.82) is 0 Å². The number of methoxy groups -OCH3 is 1. The maximum Gasteiger partial charge on any atom is 0.267 e. The molecule has 0 aromatic heterocycles. The summed E-state index contributed by atoms with van der Waals surface area (Å²) in [5, 5.41) is 0. The lowest BCUT2D eigenvalue weighted by Crippen LogP contribution is -2.23. The van der Waals surface area contributed by atoms with Gasteiger partial charge >= 0.3 is 0 Å². The van der Waals surface area contributed by atoms with Gasteiger partial charge in [-0.05, 0) is 31.1 Å². The molecule has 0 aliphatic heterocycles. The van der Waals surface area contributed by atoms with Gasteiger partial charge in [0.15, 0.2) is 0 Å². The van der Waals surface area contributed by atoms with Gasteiger partial charge in [-0.15, -0.1) is 0 Å². The molecule has 1 amide bonds. The highest BCUT2D eigenvalue weighted by Gasteiger charge is 2.01. The third-order valence-corrected chi connectivity index (χ3v) is 2.39. The SMILES string of the molecule is COc1ccc(C)cc1/C=C/C(=O)NOCC(C)C. The van der Waals surface area contributed by atoms with E-state index in [0.29, 0.717) is 12.5 Å². The smallest absolute Gasteiger partial charge is 0.267 e. The highest BCUT2D eigenvalue weighted by Crippen LogP contribution is 2.20. The number of rotatable bonds is 6. The van der Waals surface area contributed by atoms with E-state index in [1.54, 1.807) is 13.2 Å². The monoisotopic (exact) mass is 263 g/mol. The van der Waals surface area contributed by atoms with Crippen LogP contribution in [0.4, 0.5) is 0 Å². The van der Waals surface area contributed by atoms with E-state index in [1.807, 2.05) is 39.0 Å². The minimum Gasteiger partial charge on any atom is -0.496 e. The highest BCUT2D eigenvalue weighted by atomic mass is 16.6. The summed E-state index contributed by atoms with van der Waals surface area (Å²) in [7, 11) is 1.60. The number of hydroxylamine groups is 1. The maximum absolute atomic E-state index is 11.5. The lowest BCUT2D eigenvalue weighted by atomic mass is 10.1. The molecule has 19 heavy (non-hydrogen) atoms. The van der Waals surface area contributed by atoms with Gasteiger partial charge < -0.3 is 4.74 Å². The van der Waals surface area contributed by atoms with E-state index in [2.05, 4.69) is 5.48 Å². The van der Waals surface area contributed by atoms with Crippen molar-refractivity contribution in [2.24, 2.45) is 5.92 Å². The van der Waals surface area contributed by atoms with Crippen molar-refractivity contribution in [1.82, 2.24) is 5.48 Å². The summed E-state index contributed by atoms with van der Waals surface area (Å²) in [6, 6.07) is 5.79. The molecule has 0 aliphatic rings. The Kier molecular flexibility index (Phi) is 6.09. The number of benzene rings is 1. The van der Waals surface area contributed by atoms with Crippen LogP contribution in [0.3, 0.4) is 0 Å². The Bertz CT molecular complexity index is 453. The molecule has 0 bridgehead atoms. The molecule has 0 saturated heterocycles. The average Bonchev–Trinajstić information content (AvgIpc) is 2.36. The summed E-state index contributed by atoms with van der Waals surface area (Å²) < 4.78 is 5.23. The molecule has 1 aromatic carbocycles. The number of hydrogen-bond donors (Lipinski definition) is 1. The summed E-state index contributed by atoms with van der Waals surface area (Å²) in [6.07, 6.45) is 3.14. The summed E-state index contributed by atoms with van der Waals surface area (Å²) >= 11 is 0. The van der Waals surface area contributed by atoms with Gasteiger partial charge in [0.2, 0.25) is 0 Å². The molecule has 0 unspecified atom stereocenters. The van der Waals surface area contributed by atoms with Crippen LogP contribution in [0.1, 0.15) is 25.0 Å². The van der Waals surface area contributed by atoms with Crippen LogP contribution in [-0.4, -0.2) is 19.6 Å². The maximum atomic E-state index is 11.5. The van der Waals surface area contributed by atoms with Gasteiger partial charge in [0.25, 0.3) is 5.91 Å². The van der Waals surface area contributed by atoms with E-state index in [1.165, 1.54) is 6.08 Å².